The second kappa shape index (κ2) is 43.4. The summed E-state index contributed by atoms with van der Waals surface area (Å²) in [7, 11) is 0. The molecule has 3 aliphatic heterocycles. The molecule has 0 spiro atoms. The van der Waals surface area contributed by atoms with Crippen LogP contribution < -0.4 is 28.3 Å². The van der Waals surface area contributed by atoms with Gasteiger partial charge in [0.1, 0.15) is 67.1 Å². The Hall–Kier alpha value is -2.30. The van der Waals surface area contributed by atoms with Gasteiger partial charge in [0.25, 0.3) is 0 Å². The second-order valence-corrected chi connectivity index (χ2v) is 24.5. The zero-order valence-electron chi connectivity index (χ0n) is 51.8. The molecule has 85 heavy (non-hydrogen) atoms. The molecule has 19 atom stereocenters. The molecule has 496 valence electrons. The number of rotatable bonds is 45. The number of aliphatic hydroxyl groups is 8. The lowest BCUT2D eigenvalue weighted by atomic mass is 9.84. The fourth-order valence-electron chi connectivity index (χ4n) is 11.8. The summed E-state index contributed by atoms with van der Waals surface area (Å²) in [6.07, 6.45) is 20.8. The summed E-state index contributed by atoms with van der Waals surface area (Å²) >= 11 is 0. The molecule has 22 nitrogen and oxygen atoms in total. The smallest absolute Gasteiger partial charge is 0.223 e. The molecule has 0 aromatic carbocycles. The summed E-state index contributed by atoms with van der Waals surface area (Å²) in [4.78, 5) is 29.0. The minimum absolute atomic E-state index is 0.00871. The van der Waals surface area contributed by atoms with Crippen LogP contribution >= 0.6 is 0 Å². The monoisotopic (exact) mass is 1210 g/mol. The largest absolute Gasteiger partial charge is 0.394 e. The molecule has 3 saturated heterocycles. The number of ether oxygens (including phenoxy) is 6. The van der Waals surface area contributed by atoms with E-state index >= 15 is 0 Å². The highest BCUT2D eigenvalue weighted by atomic mass is 16.8. The van der Waals surface area contributed by atoms with E-state index in [-0.39, 0.29) is 31.7 Å². The van der Waals surface area contributed by atoms with Gasteiger partial charge in [-0.05, 0) is 70.6 Å². The van der Waals surface area contributed by atoms with Crippen LogP contribution in [0.25, 0.3) is 0 Å². The van der Waals surface area contributed by atoms with Gasteiger partial charge in [-0.25, -0.2) is 0 Å². The lowest BCUT2D eigenvalue weighted by molar-refractivity contribution is -0.310. The Morgan fingerprint density at radius 1 is 0.459 bits per heavy atom. The molecule has 22 heteroatoms. The molecular formula is C63H118N6O16. The first-order valence-corrected chi connectivity index (χ1v) is 33.2. The van der Waals surface area contributed by atoms with Gasteiger partial charge in [-0.1, -0.05) is 154 Å². The third kappa shape index (κ3) is 26.6. The van der Waals surface area contributed by atoms with Crippen molar-refractivity contribution in [3.05, 3.63) is 24.3 Å². The number of carbonyl (C=O) groups excluding carboxylic acids is 2. The molecule has 4 rings (SSSR count). The number of nitrogens with one attached hydrogen (secondary N) is 1. The van der Waals surface area contributed by atoms with Crippen molar-refractivity contribution in [3.63, 3.8) is 0 Å². The molecule has 0 aromatic rings. The lowest BCUT2D eigenvalue weighted by Gasteiger charge is -2.47. The van der Waals surface area contributed by atoms with Crippen LogP contribution in [-0.4, -0.2) is 207 Å². The normalized spacial score (nSPS) is 32.7. The van der Waals surface area contributed by atoms with Crippen molar-refractivity contribution in [1.82, 2.24) is 10.2 Å². The summed E-state index contributed by atoms with van der Waals surface area (Å²) in [6, 6.07) is -4.59. The molecule has 4 aliphatic rings. The van der Waals surface area contributed by atoms with E-state index in [2.05, 4.69) is 43.5 Å². The van der Waals surface area contributed by atoms with Gasteiger partial charge < -0.3 is 102 Å². The number of unbranched alkanes of at least 4 members (excludes halogenated alkanes) is 24. The number of carbonyl (C=O) groups is 2. The summed E-state index contributed by atoms with van der Waals surface area (Å²) < 4.78 is 35.7. The first-order valence-electron chi connectivity index (χ1n) is 33.2. The average Bonchev–Trinajstić information content (AvgIpc) is 2.54. The quantitative estimate of drug-likeness (QED) is 0.0303. The maximum atomic E-state index is 13.8. The van der Waals surface area contributed by atoms with Gasteiger partial charge >= 0.3 is 0 Å². The van der Waals surface area contributed by atoms with E-state index in [9.17, 15) is 50.4 Å². The molecule has 0 unspecified atom stereocenters. The number of hydrogen-bond donors (Lipinski definition) is 13. The van der Waals surface area contributed by atoms with Crippen molar-refractivity contribution in [1.29, 1.82) is 0 Å². The molecule has 0 aromatic heterocycles. The minimum Gasteiger partial charge on any atom is -0.394 e. The number of hydrogen-bond acceptors (Lipinski definition) is 20. The predicted molar refractivity (Wildman–Crippen MR) is 325 cm³/mol. The van der Waals surface area contributed by atoms with Gasteiger partial charge in [0.15, 0.2) is 18.9 Å². The third-order valence-electron chi connectivity index (χ3n) is 17.4. The van der Waals surface area contributed by atoms with Crippen LogP contribution in [0, 0.1) is 0 Å². The first-order chi connectivity index (χ1) is 41.1. The lowest BCUT2D eigenvalue weighted by Crippen LogP contribution is -2.68. The third-order valence-corrected chi connectivity index (χ3v) is 17.4. The minimum atomic E-state index is -1.72. The van der Waals surface area contributed by atoms with Crippen LogP contribution in [0.5, 0.6) is 0 Å². The molecule has 1 saturated carbocycles. The van der Waals surface area contributed by atoms with Gasteiger partial charge in [0.2, 0.25) is 11.8 Å². The Morgan fingerprint density at radius 3 is 1.33 bits per heavy atom. The number of nitrogens with zero attached hydrogens (tertiary/aromatic N) is 1. The molecule has 17 N–H and O–H groups in total. The van der Waals surface area contributed by atoms with Crippen molar-refractivity contribution in [2.24, 2.45) is 22.9 Å². The Balaban J connectivity index is 1.25. The van der Waals surface area contributed by atoms with Gasteiger partial charge in [0, 0.05) is 44.6 Å². The fraction of sp³-hybridized carbons (Fsp3) is 0.905. The summed E-state index contributed by atoms with van der Waals surface area (Å²) in [5, 5.41) is 88.7. The fourth-order valence-corrected chi connectivity index (χ4v) is 11.8. The van der Waals surface area contributed by atoms with Crippen LogP contribution in [0.3, 0.4) is 0 Å². The van der Waals surface area contributed by atoms with E-state index in [1.165, 1.54) is 116 Å². The highest BCUT2D eigenvalue weighted by Crippen LogP contribution is 2.35. The van der Waals surface area contributed by atoms with E-state index in [0.29, 0.717) is 13.1 Å². The first kappa shape index (κ1) is 75.2. The predicted octanol–water partition coefficient (Wildman–Crippen LogP) is 3.98. The van der Waals surface area contributed by atoms with Crippen molar-refractivity contribution in [3.8, 4) is 0 Å². The summed E-state index contributed by atoms with van der Waals surface area (Å²) in [6.45, 7) is 4.06. The van der Waals surface area contributed by atoms with Crippen LogP contribution in [0.15, 0.2) is 24.3 Å². The Bertz CT molecular complexity index is 1770. The maximum absolute atomic E-state index is 13.8. The van der Waals surface area contributed by atoms with Gasteiger partial charge in [-0.15, -0.1) is 0 Å². The van der Waals surface area contributed by atoms with E-state index in [0.717, 1.165) is 64.2 Å². The molecule has 1 aliphatic carbocycles. The van der Waals surface area contributed by atoms with Crippen molar-refractivity contribution in [2.75, 3.05) is 32.8 Å². The summed E-state index contributed by atoms with van der Waals surface area (Å²) in [5.41, 5.74) is 25.1. The number of nitrogens with two attached hydrogens (primary N) is 4. The van der Waals surface area contributed by atoms with E-state index in [4.69, 9.17) is 51.4 Å². The zero-order chi connectivity index (χ0) is 61.9. The second-order valence-electron chi connectivity index (χ2n) is 24.5. The summed E-state index contributed by atoms with van der Waals surface area (Å²) in [5.74, 6) is -0.561. The SMILES string of the molecule is CCCCCCCC/C=C\CCCCCCCCN(CCCCCCCC/C=C\CCCCCCCC)C(=O)CCC(=O)NC[C@@H]1O[C@H](O[C@H]2[C@@H](O)[C@H](O[C@@H]3[C@@H](O)[C@H](N)C[C@H](N)[C@H]3O[C@H]3O[C@H](CO)[C@@H](O)[C@H](O)[C@H]3N)O[C@@H]2CO)[C@H](N)[C@@H](O)[C@@H]1O. The molecule has 0 radical (unpaired) electrons. The number of amides is 2. The Labute approximate surface area is 508 Å². The van der Waals surface area contributed by atoms with Gasteiger partial charge in [0.05, 0.1) is 31.4 Å². The Morgan fingerprint density at radius 2 is 0.859 bits per heavy atom. The molecule has 4 fully saturated rings. The van der Waals surface area contributed by atoms with Crippen LogP contribution in [0.2, 0.25) is 0 Å². The average molecular weight is 1220 g/mol. The standard InChI is InChI=1S/C63H118N6O16/c1-3-5-7-9-11-13-15-17-19-21-23-25-27-29-31-33-37-69(38-34-32-30-28-26-24-22-20-18-16-14-12-10-8-6-4-2)49(73)36-35-48(72)68-40-45-53(75)55(77)50(66)61(80-45)84-59-47(42-71)82-63(57(59)79)85-60-52(74)43(64)39-44(65)58(60)83-62-51(67)56(78)54(76)46(41-70)81-62/h17-20,43-47,50-63,70-71,74-79H,3-16,21-42,64-67H2,1-2H3,(H,68,72)/b19-17-,20-18-/t43-,44+,45+,46-,47-,50-,51-,52+,53-,54-,55-,56-,57-,58-,59-,60-,61-,62-,63+/m1/s1. The number of aliphatic hydroxyl groups excluding tert-OH is 8. The Kier molecular flexibility index (Phi) is 38.4. The molecule has 3 heterocycles. The van der Waals surface area contributed by atoms with Crippen molar-refractivity contribution >= 4 is 11.8 Å². The van der Waals surface area contributed by atoms with E-state index in [1.807, 2.05) is 4.90 Å². The number of allylic oxidation sites excluding steroid dienone is 4. The molecule has 2 amide bonds. The topological polar surface area (TPSA) is 371 Å². The van der Waals surface area contributed by atoms with Crippen molar-refractivity contribution < 1.29 is 78.9 Å². The van der Waals surface area contributed by atoms with Gasteiger partial charge in [-0.3, -0.25) is 9.59 Å². The van der Waals surface area contributed by atoms with Crippen molar-refractivity contribution in [2.45, 2.75) is 329 Å². The van der Waals surface area contributed by atoms with Crippen LogP contribution in [0.1, 0.15) is 213 Å². The van der Waals surface area contributed by atoms with Crippen LogP contribution in [0.4, 0.5) is 0 Å². The molecule has 0 bridgehead atoms. The highest BCUT2D eigenvalue weighted by molar-refractivity contribution is 5.83. The molecular weight excluding hydrogens is 1100 g/mol. The van der Waals surface area contributed by atoms with E-state index in [1.54, 1.807) is 0 Å². The maximum Gasteiger partial charge on any atom is 0.223 e. The zero-order valence-corrected chi connectivity index (χ0v) is 51.8. The van der Waals surface area contributed by atoms with Gasteiger partial charge in [-0.2, -0.15) is 0 Å². The van der Waals surface area contributed by atoms with Crippen LogP contribution in [-0.2, 0) is 38.0 Å². The highest BCUT2D eigenvalue weighted by Gasteiger charge is 2.54. The van der Waals surface area contributed by atoms with E-state index < -0.39 is 135 Å².